The van der Waals surface area contributed by atoms with Crippen molar-refractivity contribution < 1.29 is 14.9 Å². The van der Waals surface area contributed by atoms with Crippen molar-refractivity contribution in [3.63, 3.8) is 0 Å². The zero-order chi connectivity index (χ0) is 16.8. The number of ether oxygens (including phenoxy) is 1. The Morgan fingerprint density at radius 3 is 2.39 bits per heavy atom. The SMILES string of the molecule is C=C(NNC(=S)Nc1ccc(OC)cc1)c1ccc(O)cc1O. The van der Waals surface area contributed by atoms with Crippen LogP contribution in [-0.4, -0.2) is 22.4 Å². The highest BCUT2D eigenvalue weighted by Gasteiger charge is 2.06. The summed E-state index contributed by atoms with van der Waals surface area (Å²) < 4.78 is 5.08. The summed E-state index contributed by atoms with van der Waals surface area (Å²) in [6.45, 7) is 3.80. The van der Waals surface area contributed by atoms with Gasteiger partial charge in [0.05, 0.1) is 12.8 Å². The van der Waals surface area contributed by atoms with Crippen LogP contribution in [-0.2, 0) is 0 Å². The smallest absolute Gasteiger partial charge is 0.189 e. The van der Waals surface area contributed by atoms with E-state index in [-0.39, 0.29) is 11.5 Å². The first-order valence-electron chi connectivity index (χ1n) is 6.68. The molecule has 0 unspecified atom stereocenters. The van der Waals surface area contributed by atoms with Crippen molar-refractivity contribution in [3.05, 3.63) is 54.6 Å². The average Bonchev–Trinajstić information content (AvgIpc) is 2.53. The predicted octanol–water partition coefficient (Wildman–Crippen LogP) is 2.57. The number of phenols is 2. The van der Waals surface area contributed by atoms with Gasteiger partial charge in [-0.05, 0) is 48.6 Å². The van der Waals surface area contributed by atoms with Gasteiger partial charge in [0.1, 0.15) is 17.2 Å². The van der Waals surface area contributed by atoms with E-state index in [1.807, 2.05) is 24.3 Å². The molecule has 0 spiro atoms. The summed E-state index contributed by atoms with van der Waals surface area (Å²) in [7, 11) is 1.60. The van der Waals surface area contributed by atoms with E-state index in [0.717, 1.165) is 11.4 Å². The lowest BCUT2D eigenvalue weighted by Gasteiger charge is -2.15. The van der Waals surface area contributed by atoms with E-state index in [1.54, 1.807) is 13.2 Å². The first kappa shape index (κ1) is 16.4. The predicted molar refractivity (Wildman–Crippen MR) is 94.3 cm³/mol. The van der Waals surface area contributed by atoms with Crippen molar-refractivity contribution >= 4 is 28.7 Å². The van der Waals surface area contributed by atoms with Gasteiger partial charge in [0, 0.05) is 17.3 Å². The molecule has 0 saturated carbocycles. The fraction of sp³-hybridized carbons (Fsp3) is 0.0625. The number of aromatic hydroxyl groups is 2. The maximum atomic E-state index is 9.76. The zero-order valence-electron chi connectivity index (χ0n) is 12.5. The van der Waals surface area contributed by atoms with Crippen LogP contribution in [0.25, 0.3) is 5.70 Å². The third kappa shape index (κ3) is 4.52. The minimum absolute atomic E-state index is 0.0243. The van der Waals surface area contributed by atoms with Crippen LogP contribution < -0.4 is 20.9 Å². The normalized spacial score (nSPS) is 9.78. The molecule has 2 aromatic rings. The third-order valence-corrected chi connectivity index (χ3v) is 3.19. The van der Waals surface area contributed by atoms with Gasteiger partial charge in [-0.3, -0.25) is 10.9 Å². The number of hydrazine groups is 1. The number of nitrogens with one attached hydrogen (secondary N) is 3. The molecular formula is C16H17N3O3S. The summed E-state index contributed by atoms with van der Waals surface area (Å²) in [5.74, 6) is 0.644. The molecule has 120 valence electrons. The molecule has 2 rings (SSSR count). The van der Waals surface area contributed by atoms with Crippen LogP contribution in [0.3, 0.4) is 0 Å². The third-order valence-electron chi connectivity index (χ3n) is 2.98. The first-order valence-corrected chi connectivity index (χ1v) is 7.08. The number of rotatable bonds is 5. The van der Waals surface area contributed by atoms with Crippen LogP contribution >= 0.6 is 12.2 Å². The highest BCUT2D eigenvalue weighted by Crippen LogP contribution is 2.26. The number of phenolic OH excluding ortho intramolecular Hbond substituents is 2. The lowest BCUT2D eigenvalue weighted by Crippen LogP contribution is -2.38. The summed E-state index contributed by atoms with van der Waals surface area (Å²) in [5.41, 5.74) is 7.20. The fourth-order valence-corrected chi connectivity index (χ4v) is 1.98. The van der Waals surface area contributed by atoms with Crippen LogP contribution in [0.2, 0.25) is 0 Å². The van der Waals surface area contributed by atoms with E-state index in [2.05, 4.69) is 22.7 Å². The first-order chi connectivity index (χ1) is 11.0. The number of anilines is 1. The van der Waals surface area contributed by atoms with Gasteiger partial charge < -0.3 is 20.3 Å². The van der Waals surface area contributed by atoms with E-state index in [9.17, 15) is 10.2 Å². The van der Waals surface area contributed by atoms with Gasteiger partial charge in [-0.15, -0.1) is 0 Å². The standard InChI is InChI=1S/C16H17N3O3S/c1-10(14-8-5-12(20)9-15(14)21)18-19-16(23)17-11-3-6-13(22-2)7-4-11/h3-9,18,20-21H,1H2,2H3,(H2,17,19,23). The van der Waals surface area contributed by atoms with Gasteiger partial charge in [0.25, 0.3) is 0 Å². The molecule has 6 nitrogen and oxygen atoms in total. The fourth-order valence-electron chi connectivity index (χ4n) is 1.81. The molecule has 0 fully saturated rings. The van der Waals surface area contributed by atoms with Crippen molar-refractivity contribution in [1.82, 2.24) is 10.9 Å². The van der Waals surface area contributed by atoms with Crippen LogP contribution in [0.1, 0.15) is 5.56 Å². The van der Waals surface area contributed by atoms with Crippen molar-refractivity contribution in [1.29, 1.82) is 0 Å². The molecule has 5 N–H and O–H groups in total. The Morgan fingerprint density at radius 1 is 1.09 bits per heavy atom. The molecule has 0 aliphatic carbocycles. The molecule has 0 bridgehead atoms. The highest BCUT2D eigenvalue weighted by atomic mass is 32.1. The van der Waals surface area contributed by atoms with Crippen LogP contribution in [0.5, 0.6) is 17.2 Å². The number of methoxy groups -OCH3 is 1. The Bertz CT molecular complexity index is 717. The van der Waals surface area contributed by atoms with Gasteiger partial charge in [0.15, 0.2) is 5.11 Å². The van der Waals surface area contributed by atoms with E-state index in [1.165, 1.54) is 12.1 Å². The number of thiocarbonyl (C=S) groups is 1. The van der Waals surface area contributed by atoms with E-state index in [4.69, 9.17) is 17.0 Å². The Balaban J connectivity index is 1.89. The molecule has 0 radical (unpaired) electrons. The quantitative estimate of drug-likeness (QED) is 0.425. The largest absolute Gasteiger partial charge is 0.508 e. The maximum Gasteiger partial charge on any atom is 0.189 e. The second kappa shape index (κ2) is 7.37. The van der Waals surface area contributed by atoms with Gasteiger partial charge in [-0.2, -0.15) is 0 Å². The van der Waals surface area contributed by atoms with Crippen LogP contribution in [0.15, 0.2) is 49.0 Å². The zero-order valence-corrected chi connectivity index (χ0v) is 13.3. The molecule has 0 aromatic heterocycles. The minimum atomic E-state index is -0.0849. The Labute approximate surface area is 139 Å². The van der Waals surface area contributed by atoms with Crippen LogP contribution in [0, 0.1) is 0 Å². The molecule has 23 heavy (non-hydrogen) atoms. The average molecular weight is 331 g/mol. The Morgan fingerprint density at radius 2 is 1.78 bits per heavy atom. The maximum absolute atomic E-state index is 9.76. The second-order valence-electron chi connectivity index (χ2n) is 4.61. The van der Waals surface area contributed by atoms with Crippen LogP contribution in [0.4, 0.5) is 5.69 Å². The molecule has 2 aromatic carbocycles. The van der Waals surface area contributed by atoms with Gasteiger partial charge >= 0.3 is 0 Å². The summed E-state index contributed by atoms with van der Waals surface area (Å²) >= 11 is 5.16. The monoisotopic (exact) mass is 331 g/mol. The van der Waals surface area contributed by atoms with E-state index < -0.39 is 0 Å². The molecule has 0 heterocycles. The summed E-state index contributed by atoms with van der Waals surface area (Å²) in [5, 5.41) is 22.3. The van der Waals surface area contributed by atoms with Crippen molar-refractivity contribution in [2.75, 3.05) is 12.4 Å². The van der Waals surface area contributed by atoms with E-state index >= 15 is 0 Å². The van der Waals surface area contributed by atoms with E-state index in [0.29, 0.717) is 16.4 Å². The molecule has 0 saturated heterocycles. The summed E-state index contributed by atoms with van der Waals surface area (Å²) in [4.78, 5) is 0. The summed E-state index contributed by atoms with van der Waals surface area (Å²) in [6.07, 6.45) is 0. The van der Waals surface area contributed by atoms with Crippen molar-refractivity contribution in [2.45, 2.75) is 0 Å². The minimum Gasteiger partial charge on any atom is -0.508 e. The topological polar surface area (TPSA) is 85.8 Å². The molecule has 0 atom stereocenters. The molecular weight excluding hydrogens is 314 g/mol. The lowest BCUT2D eigenvalue weighted by atomic mass is 10.1. The van der Waals surface area contributed by atoms with Gasteiger partial charge in [-0.25, -0.2) is 0 Å². The Kier molecular flexibility index (Phi) is 5.27. The highest BCUT2D eigenvalue weighted by molar-refractivity contribution is 7.80. The lowest BCUT2D eigenvalue weighted by molar-refractivity contribution is 0.415. The second-order valence-corrected chi connectivity index (χ2v) is 5.02. The van der Waals surface area contributed by atoms with Crippen molar-refractivity contribution in [2.24, 2.45) is 0 Å². The molecule has 0 aliphatic rings. The van der Waals surface area contributed by atoms with Crippen molar-refractivity contribution in [3.8, 4) is 17.2 Å². The number of hydrogen-bond acceptors (Lipinski definition) is 5. The summed E-state index contributed by atoms with van der Waals surface area (Å²) in [6, 6.07) is 11.5. The number of benzene rings is 2. The molecule has 0 amide bonds. The molecule has 0 aliphatic heterocycles. The Hall–Kier alpha value is -2.93. The van der Waals surface area contributed by atoms with Gasteiger partial charge in [-0.1, -0.05) is 6.58 Å². The number of hydrogen-bond donors (Lipinski definition) is 5. The molecule has 7 heteroatoms. The van der Waals surface area contributed by atoms with Gasteiger partial charge in [0.2, 0.25) is 0 Å².